The number of nitrogens with zero attached hydrogens (tertiary/aromatic N) is 1. The minimum atomic E-state index is 0.443. The first-order valence-corrected chi connectivity index (χ1v) is 8.66. The maximum Gasteiger partial charge on any atom is 0.0156 e. The van der Waals surface area contributed by atoms with Gasteiger partial charge in [-0.3, -0.25) is 0 Å². The smallest absolute Gasteiger partial charge is 0.0156 e. The van der Waals surface area contributed by atoms with Crippen molar-refractivity contribution >= 4 is 0 Å². The van der Waals surface area contributed by atoms with Gasteiger partial charge in [0.2, 0.25) is 0 Å². The Hall–Kier alpha value is -0.0800. The summed E-state index contributed by atoms with van der Waals surface area (Å²) in [4.78, 5) is 2.71. The molecule has 0 bridgehead atoms. The second-order valence-electron chi connectivity index (χ2n) is 8.41. The molecule has 2 heteroatoms. The standard InChI is InChI=1S/C18H38N2/c1-14(2)11-20(12-15(3)4)13-16-9-8-10-18(5,6)17(16)19-7/h14-17,19H,8-13H2,1-7H3. The van der Waals surface area contributed by atoms with Crippen LogP contribution in [0.25, 0.3) is 0 Å². The highest BCUT2D eigenvalue weighted by atomic mass is 15.1. The van der Waals surface area contributed by atoms with Crippen LogP contribution in [0.1, 0.15) is 60.8 Å². The van der Waals surface area contributed by atoms with Gasteiger partial charge < -0.3 is 10.2 Å². The van der Waals surface area contributed by atoms with Gasteiger partial charge in [0.25, 0.3) is 0 Å². The molecule has 2 atom stereocenters. The van der Waals surface area contributed by atoms with Crippen molar-refractivity contribution in [3.05, 3.63) is 0 Å². The van der Waals surface area contributed by atoms with E-state index in [0.717, 1.165) is 17.8 Å². The SMILES string of the molecule is CNC1C(CN(CC(C)C)CC(C)C)CCCC1(C)C. The van der Waals surface area contributed by atoms with Gasteiger partial charge in [0, 0.05) is 25.7 Å². The van der Waals surface area contributed by atoms with Crippen LogP contribution in [-0.2, 0) is 0 Å². The molecule has 0 spiro atoms. The molecule has 1 saturated carbocycles. The first kappa shape index (κ1) is 18.0. The summed E-state index contributed by atoms with van der Waals surface area (Å²) in [5.41, 5.74) is 0.443. The monoisotopic (exact) mass is 282 g/mol. The van der Waals surface area contributed by atoms with Crippen LogP contribution in [0, 0.1) is 23.2 Å². The second-order valence-corrected chi connectivity index (χ2v) is 8.41. The van der Waals surface area contributed by atoms with Gasteiger partial charge in [-0.2, -0.15) is 0 Å². The third-order valence-corrected chi connectivity index (χ3v) is 4.76. The molecule has 0 saturated heterocycles. The van der Waals surface area contributed by atoms with Gasteiger partial charge >= 0.3 is 0 Å². The van der Waals surface area contributed by atoms with Crippen molar-refractivity contribution in [2.24, 2.45) is 23.2 Å². The van der Waals surface area contributed by atoms with E-state index in [-0.39, 0.29) is 0 Å². The van der Waals surface area contributed by atoms with Crippen molar-refractivity contribution < 1.29 is 0 Å². The summed E-state index contributed by atoms with van der Waals surface area (Å²) in [6, 6.07) is 0.665. The second kappa shape index (κ2) is 7.79. The highest BCUT2D eigenvalue weighted by molar-refractivity contribution is 4.93. The van der Waals surface area contributed by atoms with Crippen LogP contribution < -0.4 is 5.32 Å². The van der Waals surface area contributed by atoms with E-state index in [4.69, 9.17) is 0 Å². The number of nitrogens with one attached hydrogen (secondary N) is 1. The molecule has 0 radical (unpaired) electrons. The summed E-state index contributed by atoms with van der Waals surface area (Å²) >= 11 is 0. The Kier molecular flexibility index (Phi) is 7.00. The van der Waals surface area contributed by atoms with Gasteiger partial charge in [-0.05, 0) is 43.1 Å². The average Bonchev–Trinajstić information content (AvgIpc) is 2.26. The fraction of sp³-hybridized carbons (Fsp3) is 1.00. The zero-order valence-corrected chi connectivity index (χ0v) is 15.0. The van der Waals surface area contributed by atoms with Crippen molar-refractivity contribution in [3.8, 4) is 0 Å². The van der Waals surface area contributed by atoms with Gasteiger partial charge in [0.15, 0.2) is 0 Å². The van der Waals surface area contributed by atoms with Crippen LogP contribution in [0.5, 0.6) is 0 Å². The van der Waals surface area contributed by atoms with Crippen molar-refractivity contribution in [2.45, 2.75) is 66.8 Å². The molecule has 1 aliphatic rings. The molecule has 0 aromatic rings. The van der Waals surface area contributed by atoms with Gasteiger partial charge in [0.05, 0.1) is 0 Å². The third-order valence-electron chi connectivity index (χ3n) is 4.76. The molecule has 1 rings (SSSR count). The van der Waals surface area contributed by atoms with Crippen LogP contribution in [-0.4, -0.2) is 37.6 Å². The Morgan fingerprint density at radius 2 is 1.65 bits per heavy atom. The average molecular weight is 283 g/mol. The summed E-state index contributed by atoms with van der Waals surface area (Å²) in [5.74, 6) is 2.33. The van der Waals surface area contributed by atoms with E-state index < -0.39 is 0 Å². The lowest BCUT2D eigenvalue weighted by atomic mass is 9.68. The topological polar surface area (TPSA) is 15.3 Å². The maximum absolute atomic E-state index is 3.63. The Morgan fingerprint density at radius 3 is 2.10 bits per heavy atom. The first-order chi connectivity index (χ1) is 9.26. The summed E-state index contributed by atoms with van der Waals surface area (Å²) in [6.07, 6.45) is 4.15. The van der Waals surface area contributed by atoms with Gasteiger partial charge in [0.1, 0.15) is 0 Å². The molecular weight excluding hydrogens is 244 g/mol. The van der Waals surface area contributed by atoms with E-state index in [1.54, 1.807) is 0 Å². The van der Waals surface area contributed by atoms with Crippen molar-refractivity contribution in [3.63, 3.8) is 0 Å². The zero-order valence-electron chi connectivity index (χ0n) is 15.0. The molecule has 0 heterocycles. The van der Waals surface area contributed by atoms with Crippen LogP contribution >= 0.6 is 0 Å². The molecule has 1 N–H and O–H groups in total. The summed E-state index contributed by atoms with van der Waals surface area (Å²) in [6.45, 7) is 18.0. The van der Waals surface area contributed by atoms with E-state index in [1.165, 1.54) is 38.9 Å². The minimum absolute atomic E-state index is 0.443. The number of hydrogen-bond acceptors (Lipinski definition) is 2. The lowest BCUT2D eigenvalue weighted by Crippen LogP contribution is -2.52. The largest absolute Gasteiger partial charge is 0.316 e. The molecule has 0 aromatic carbocycles. The molecular formula is C18H38N2. The highest BCUT2D eigenvalue weighted by Crippen LogP contribution is 2.39. The molecule has 2 unspecified atom stereocenters. The fourth-order valence-electron chi connectivity index (χ4n) is 4.19. The van der Waals surface area contributed by atoms with Gasteiger partial charge in [-0.1, -0.05) is 48.0 Å². The van der Waals surface area contributed by atoms with Crippen molar-refractivity contribution in [2.75, 3.05) is 26.7 Å². The Bertz CT molecular complexity index is 261. The fourth-order valence-corrected chi connectivity index (χ4v) is 4.19. The molecule has 0 aromatic heterocycles. The maximum atomic E-state index is 3.63. The highest BCUT2D eigenvalue weighted by Gasteiger charge is 2.38. The van der Waals surface area contributed by atoms with E-state index in [2.05, 4.69) is 58.8 Å². The molecule has 0 aliphatic heterocycles. The van der Waals surface area contributed by atoms with E-state index in [9.17, 15) is 0 Å². The zero-order chi connectivity index (χ0) is 15.3. The van der Waals surface area contributed by atoms with Crippen molar-refractivity contribution in [1.29, 1.82) is 0 Å². The van der Waals surface area contributed by atoms with Crippen LogP contribution in [0.2, 0.25) is 0 Å². The summed E-state index contributed by atoms with van der Waals surface area (Å²) < 4.78 is 0. The predicted molar refractivity (Wildman–Crippen MR) is 90.1 cm³/mol. The summed E-state index contributed by atoms with van der Waals surface area (Å²) in [5, 5.41) is 3.63. The van der Waals surface area contributed by atoms with E-state index >= 15 is 0 Å². The van der Waals surface area contributed by atoms with E-state index in [0.29, 0.717) is 11.5 Å². The lowest BCUT2D eigenvalue weighted by molar-refractivity contribution is 0.0758. The first-order valence-electron chi connectivity index (χ1n) is 8.66. The predicted octanol–water partition coefficient (Wildman–Crippen LogP) is 4.01. The number of rotatable bonds is 7. The van der Waals surface area contributed by atoms with E-state index in [1.807, 2.05) is 0 Å². The Labute approximate surface area is 127 Å². The molecule has 120 valence electrons. The van der Waals surface area contributed by atoms with Crippen LogP contribution in [0.4, 0.5) is 0 Å². The Balaban J connectivity index is 2.69. The minimum Gasteiger partial charge on any atom is -0.316 e. The van der Waals surface area contributed by atoms with Crippen molar-refractivity contribution in [1.82, 2.24) is 10.2 Å². The quantitative estimate of drug-likeness (QED) is 0.759. The van der Waals surface area contributed by atoms with Crippen LogP contribution in [0.3, 0.4) is 0 Å². The Morgan fingerprint density at radius 1 is 1.10 bits per heavy atom. The molecule has 1 fully saturated rings. The van der Waals surface area contributed by atoms with Gasteiger partial charge in [-0.15, -0.1) is 0 Å². The molecule has 20 heavy (non-hydrogen) atoms. The number of hydrogen-bond donors (Lipinski definition) is 1. The molecule has 2 nitrogen and oxygen atoms in total. The third kappa shape index (κ3) is 5.37. The summed E-state index contributed by atoms with van der Waals surface area (Å²) in [7, 11) is 2.15. The molecule has 0 amide bonds. The normalized spacial score (nSPS) is 26.7. The van der Waals surface area contributed by atoms with Crippen LogP contribution in [0.15, 0.2) is 0 Å². The molecule has 1 aliphatic carbocycles. The lowest BCUT2D eigenvalue weighted by Gasteiger charge is -2.46. The van der Waals surface area contributed by atoms with Gasteiger partial charge in [-0.25, -0.2) is 0 Å².